The molecule has 0 amide bonds. The molecule has 3 aromatic carbocycles. The number of rotatable bonds is 3. The molecular formula is C19H16O3S. The molecule has 0 fully saturated rings. The molecule has 0 aliphatic carbocycles. The van der Waals surface area contributed by atoms with Gasteiger partial charge in [-0.15, -0.1) is 0 Å². The summed E-state index contributed by atoms with van der Waals surface area (Å²) in [6, 6.07) is 22.4. The normalized spacial score (nSPS) is 11.4. The lowest BCUT2D eigenvalue weighted by molar-refractivity contribution is 0.483. The van der Waals surface area contributed by atoms with Gasteiger partial charge in [-0.2, -0.15) is 8.42 Å². The Morgan fingerprint density at radius 3 is 2.09 bits per heavy atom. The Labute approximate surface area is 136 Å². The van der Waals surface area contributed by atoms with Gasteiger partial charge in [0.15, 0.2) is 0 Å². The van der Waals surface area contributed by atoms with Crippen LogP contribution >= 0.6 is 0 Å². The maximum atomic E-state index is 11.6. The number of benzene rings is 3. The van der Waals surface area contributed by atoms with E-state index in [1.165, 1.54) is 6.07 Å². The van der Waals surface area contributed by atoms with Crippen LogP contribution in [0.15, 0.2) is 77.7 Å². The summed E-state index contributed by atoms with van der Waals surface area (Å²) < 4.78 is 32.8. The maximum Gasteiger partial charge on any atom is 0.295 e. The largest absolute Gasteiger partial charge is 0.295 e. The van der Waals surface area contributed by atoms with Gasteiger partial charge in [0.05, 0.1) is 0 Å². The highest BCUT2D eigenvalue weighted by Gasteiger charge is 2.17. The summed E-state index contributed by atoms with van der Waals surface area (Å²) in [5.41, 5.74) is 4.23. The van der Waals surface area contributed by atoms with Crippen molar-refractivity contribution in [2.75, 3.05) is 0 Å². The predicted octanol–water partition coefficient (Wildman–Crippen LogP) is 4.58. The van der Waals surface area contributed by atoms with E-state index in [9.17, 15) is 13.0 Å². The molecule has 0 unspecified atom stereocenters. The lowest BCUT2D eigenvalue weighted by atomic mass is 9.98. The van der Waals surface area contributed by atoms with E-state index in [2.05, 4.69) is 0 Å². The van der Waals surface area contributed by atoms with Crippen molar-refractivity contribution in [2.24, 2.45) is 0 Å². The zero-order chi connectivity index (χ0) is 16.4. The van der Waals surface area contributed by atoms with Crippen LogP contribution in [0.25, 0.3) is 22.3 Å². The number of aryl methyl sites for hydroxylation is 1. The van der Waals surface area contributed by atoms with Crippen LogP contribution in [0, 0.1) is 6.92 Å². The third kappa shape index (κ3) is 3.33. The molecule has 0 radical (unpaired) electrons. The average molecular weight is 324 g/mol. The quantitative estimate of drug-likeness (QED) is 0.718. The standard InChI is InChI=1S/C19H16O3S/c1-14-10-11-19(23(20,21)22)18(12-14)17-9-5-8-16(13-17)15-6-3-2-4-7-15/h2-13H,1H3,(H,20,21,22). The first-order valence-corrected chi connectivity index (χ1v) is 8.63. The van der Waals surface area contributed by atoms with E-state index in [0.717, 1.165) is 22.3 Å². The molecule has 116 valence electrons. The first-order valence-electron chi connectivity index (χ1n) is 7.19. The second-order valence-electron chi connectivity index (χ2n) is 5.42. The molecule has 23 heavy (non-hydrogen) atoms. The van der Waals surface area contributed by atoms with E-state index < -0.39 is 10.1 Å². The van der Waals surface area contributed by atoms with Gasteiger partial charge in [0.2, 0.25) is 0 Å². The van der Waals surface area contributed by atoms with E-state index in [-0.39, 0.29) is 4.90 Å². The number of hydrogen-bond acceptors (Lipinski definition) is 2. The second kappa shape index (κ2) is 5.99. The summed E-state index contributed by atoms with van der Waals surface area (Å²) in [5.74, 6) is 0. The van der Waals surface area contributed by atoms with Crippen LogP contribution in [0.4, 0.5) is 0 Å². The van der Waals surface area contributed by atoms with E-state index in [1.807, 2.05) is 61.5 Å². The fourth-order valence-electron chi connectivity index (χ4n) is 2.59. The molecular weight excluding hydrogens is 308 g/mol. The Bertz CT molecular complexity index is 945. The van der Waals surface area contributed by atoms with Crippen LogP contribution in [-0.2, 0) is 10.1 Å². The van der Waals surface area contributed by atoms with Gasteiger partial charge in [0, 0.05) is 5.56 Å². The molecule has 0 aliphatic rings. The predicted molar refractivity (Wildman–Crippen MR) is 91.9 cm³/mol. The minimum Gasteiger partial charge on any atom is -0.282 e. The van der Waals surface area contributed by atoms with Crippen molar-refractivity contribution in [3.63, 3.8) is 0 Å². The van der Waals surface area contributed by atoms with Gasteiger partial charge in [0.25, 0.3) is 10.1 Å². The fourth-order valence-corrected chi connectivity index (χ4v) is 3.29. The van der Waals surface area contributed by atoms with Crippen LogP contribution in [0.2, 0.25) is 0 Å². The Morgan fingerprint density at radius 2 is 1.39 bits per heavy atom. The second-order valence-corrected chi connectivity index (χ2v) is 6.81. The summed E-state index contributed by atoms with van der Waals surface area (Å²) in [6.45, 7) is 1.89. The molecule has 0 heterocycles. The molecule has 0 saturated carbocycles. The summed E-state index contributed by atoms with van der Waals surface area (Å²) in [5, 5.41) is 0. The van der Waals surface area contributed by atoms with Crippen LogP contribution in [-0.4, -0.2) is 13.0 Å². The highest BCUT2D eigenvalue weighted by Crippen LogP contribution is 2.31. The summed E-state index contributed by atoms with van der Waals surface area (Å²) in [4.78, 5) is -0.0756. The maximum absolute atomic E-state index is 11.6. The highest BCUT2D eigenvalue weighted by atomic mass is 32.2. The highest BCUT2D eigenvalue weighted by molar-refractivity contribution is 7.86. The van der Waals surface area contributed by atoms with Gasteiger partial charge >= 0.3 is 0 Å². The van der Waals surface area contributed by atoms with Crippen molar-refractivity contribution in [3.8, 4) is 22.3 Å². The molecule has 0 spiro atoms. The van der Waals surface area contributed by atoms with Gasteiger partial charge in [-0.1, -0.05) is 66.2 Å². The summed E-state index contributed by atoms with van der Waals surface area (Å²) >= 11 is 0. The van der Waals surface area contributed by atoms with Crippen LogP contribution < -0.4 is 0 Å². The minimum absolute atomic E-state index is 0.0756. The van der Waals surface area contributed by atoms with Gasteiger partial charge < -0.3 is 0 Å². The minimum atomic E-state index is -4.28. The lowest BCUT2D eigenvalue weighted by Gasteiger charge is -2.10. The van der Waals surface area contributed by atoms with Crippen molar-refractivity contribution in [2.45, 2.75) is 11.8 Å². The first kappa shape index (κ1) is 15.5. The molecule has 0 aromatic heterocycles. The third-order valence-electron chi connectivity index (χ3n) is 3.69. The smallest absolute Gasteiger partial charge is 0.282 e. The zero-order valence-electron chi connectivity index (χ0n) is 12.6. The molecule has 0 bridgehead atoms. The zero-order valence-corrected chi connectivity index (χ0v) is 13.4. The SMILES string of the molecule is Cc1ccc(S(=O)(=O)O)c(-c2cccc(-c3ccccc3)c2)c1. The molecule has 0 atom stereocenters. The van der Waals surface area contributed by atoms with E-state index >= 15 is 0 Å². The first-order chi connectivity index (χ1) is 10.9. The molecule has 0 aliphatic heterocycles. The van der Waals surface area contributed by atoms with Crippen molar-refractivity contribution in [3.05, 3.63) is 78.4 Å². The van der Waals surface area contributed by atoms with Gasteiger partial charge in [0.1, 0.15) is 4.90 Å². The Balaban J connectivity index is 2.19. The summed E-state index contributed by atoms with van der Waals surface area (Å²) in [6.07, 6.45) is 0. The van der Waals surface area contributed by atoms with E-state index in [0.29, 0.717) is 5.56 Å². The molecule has 3 aromatic rings. The molecule has 1 N–H and O–H groups in total. The van der Waals surface area contributed by atoms with Crippen molar-refractivity contribution >= 4 is 10.1 Å². The topological polar surface area (TPSA) is 54.4 Å². The van der Waals surface area contributed by atoms with Crippen molar-refractivity contribution in [1.82, 2.24) is 0 Å². The Morgan fingerprint density at radius 1 is 0.739 bits per heavy atom. The summed E-state index contributed by atoms with van der Waals surface area (Å²) in [7, 11) is -4.28. The Hall–Kier alpha value is -2.43. The molecule has 3 rings (SSSR count). The van der Waals surface area contributed by atoms with E-state index in [1.54, 1.807) is 12.1 Å². The van der Waals surface area contributed by atoms with Gasteiger partial charge in [-0.3, -0.25) is 4.55 Å². The van der Waals surface area contributed by atoms with Gasteiger partial charge in [-0.25, -0.2) is 0 Å². The lowest BCUT2D eigenvalue weighted by Crippen LogP contribution is -2.01. The van der Waals surface area contributed by atoms with Crippen molar-refractivity contribution in [1.29, 1.82) is 0 Å². The number of hydrogen-bond donors (Lipinski definition) is 1. The molecule has 3 nitrogen and oxygen atoms in total. The molecule has 0 saturated heterocycles. The monoisotopic (exact) mass is 324 g/mol. The van der Waals surface area contributed by atoms with Crippen LogP contribution in [0.3, 0.4) is 0 Å². The average Bonchev–Trinajstić information content (AvgIpc) is 2.54. The van der Waals surface area contributed by atoms with Crippen molar-refractivity contribution < 1.29 is 13.0 Å². The van der Waals surface area contributed by atoms with Crippen LogP contribution in [0.5, 0.6) is 0 Å². The fraction of sp³-hybridized carbons (Fsp3) is 0.0526. The third-order valence-corrected chi connectivity index (χ3v) is 4.61. The van der Waals surface area contributed by atoms with Crippen LogP contribution in [0.1, 0.15) is 5.56 Å². The van der Waals surface area contributed by atoms with E-state index in [4.69, 9.17) is 0 Å². The van der Waals surface area contributed by atoms with Gasteiger partial charge in [-0.05, 0) is 35.7 Å². The Kier molecular flexibility index (Phi) is 4.03. The molecule has 4 heteroatoms.